The van der Waals surface area contributed by atoms with Gasteiger partial charge in [0.15, 0.2) is 0 Å². The lowest BCUT2D eigenvalue weighted by Crippen LogP contribution is -2.29. The van der Waals surface area contributed by atoms with Crippen LogP contribution in [0.2, 0.25) is 0 Å². The largest absolute Gasteiger partial charge is 0.345 e. The number of benzene rings is 1. The van der Waals surface area contributed by atoms with Crippen molar-refractivity contribution in [3.63, 3.8) is 0 Å². The molecule has 0 aliphatic carbocycles. The molecule has 0 aliphatic heterocycles. The Balaban J connectivity index is 1.48. The molecule has 128 valence electrons. The van der Waals surface area contributed by atoms with Crippen LogP contribution in [0.5, 0.6) is 0 Å². The smallest absolute Gasteiger partial charge is 0.222 e. The van der Waals surface area contributed by atoms with E-state index in [1.807, 2.05) is 37.4 Å². The van der Waals surface area contributed by atoms with Crippen molar-refractivity contribution in [3.8, 4) is 11.3 Å². The van der Waals surface area contributed by atoms with Crippen molar-refractivity contribution in [1.82, 2.24) is 14.9 Å². The molecule has 0 aliphatic rings. The third-order valence-electron chi connectivity index (χ3n) is 4.09. The van der Waals surface area contributed by atoms with Gasteiger partial charge in [0.2, 0.25) is 5.91 Å². The summed E-state index contributed by atoms with van der Waals surface area (Å²) in [5.41, 5.74) is 3.30. The molecule has 0 N–H and O–H groups in total. The van der Waals surface area contributed by atoms with Gasteiger partial charge in [-0.05, 0) is 24.1 Å². The van der Waals surface area contributed by atoms with Gasteiger partial charge in [-0.3, -0.25) is 9.78 Å². The number of thiazole rings is 1. The number of rotatable bonds is 7. The summed E-state index contributed by atoms with van der Waals surface area (Å²) in [6.45, 7) is 0.718. The zero-order chi connectivity index (χ0) is 17.5. The average Bonchev–Trinajstić information content (AvgIpc) is 3.15. The molecule has 0 saturated carbocycles. The molecule has 0 bridgehead atoms. The predicted molar refractivity (Wildman–Crippen MR) is 101 cm³/mol. The normalized spacial score (nSPS) is 10.6. The van der Waals surface area contributed by atoms with Crippen LogP contribution in [-0.4, -0.2) is 34.4 Å². The van der Waals surface area contributed by atoms with E-state index in [-0.39, 0.29) is 5.91 Å². The van der Waals surface area contributed by atoms with E-state index in [1.165, 1.54) is 5.56 Å². The summed E-state index contributed by atoms with van der Waals surface area (Å²) >= 11 is 1.62. The quantitative estimate of drug-likeness (QED) is 0.650. The number of carbonyl (C=O) groups is 1. The highest BCUT2D eigenvalue weighted by Gasteiger charge is 2.11. The van der Waals surface area contributed by atoms with E-state index in [9.17, 15) is 4.79 Å². The molecule has 3 aromatic rings. The first-order valence-corrected chi connectivity index (χ1v) is 9.23. The van der Waals surface area contributed by atoms with Crippen molar-refractivity contribution in [2.75, 3.05) is 13.6 Å². The molecule has 4 nitrogen and oxygen atoms in total. The van der Waals surface area contributed by atoms with Crippen molar-refractivity contribution in [2.24, 2.45) is 0 Å². The van der Waals surface area contributed by atoms with E-state index in [1.54, 1.807) is 28.6 Å². The maximum Gasteiger partial charge on any atom is 0.222 e. The van der Waals surface area contributed by atoms with E-state index < -0.39 is 0 Å². The molecule has 5 heteroatoms. The van der Waals surface area contributed by atoms with Gasteiger partial charge in [-0.15, -0.1) is 11.3 Å². The van der Waals surface area contributed by atoms with E-state index in [4.69, 9.17) is 0 Å². The maximum atomic E-state index is 12.3. The number of hydrogen-bond acceptors (Lipinski definition) is 4. The molecular weight excluding hydrogens is 330 g/mol. The molecule has 0 radical (unpaired) electrons. The van der Waals surface area contributed by atoms with Crippen molar-refractivity contribution in [1.29, 1.82) is 0 Å². The number of nitrogens with zero attached hydrogens (tertiary/aromatic N) is 3. The van der Waals surface area contributed by atoms with E-state index >= 15 is 0 Å². The summed E-state index contributed by atoms with van der Waals surface area (Å²) in [5.74, 6) is 0.158. The molecule has 0 spiro atoms. The summed E-state index contributed by atoms with van der Waals surface area (Å²) in [6, 6.07) is 14.1. The lowest BCUT2D eigenvalue weighted by Gasteiger charge is -2.16. The Bertz CT molecular complexity index is 802. The van der Waals surface area contributed by atoms with Crippen molar-refractivity contribution < 1.29 is 4.79 Å². The molecule has 2 heterocycles. The van der Waals surface area contributed by atoms with E-state index in [0.29, 0.717) is 12.8 Å². The Kier molecular flexibility index (Phi) is 5.90. The molecular formula is C20H21N3OS. The molecule has 1 amide bonds. The van der Waals surface area contributed by atoms with Gasteiger partial charge in [-0.25, -0.2) is 4.98 Å². The van der Waals surface area contributed by atoms with E-state index in [2.05, 4.69) is 27.5 Å². The molecule has 0 unspecified atom stereocenters. The second-order valence-corrected chi connectivity index (χ2v) is 6.86. The first kappa shape index (κ1) is 17.3. The lowest BCUT2D eigenvalue weighted by molar-refractivity contribution is -0.129. The number of hydrogen-bond donors (Lipinski definition) is 0. The highest BCUT2D eigenvalue weighted by Crippen LogP contribution is 2.22. The number of carbonyl (C=O) groups excluding carboxylic acids is 1. The SMILES string of the molecule is CN(CCc1ccncc1)C(=O)CCc1nc(-c2ccccc2)cs1. The highest BCUT2D eigenvalue weighted by molar-refractivity contribution is 7.09. The summed E-state index contributed by atoms with van der Waals surface area (Å²) in [7, 11) is 1.86. The van der Waals surface area contributed by atoms with Crippen LogP contribution in [0.3, 0.4) is 0 Å². The van der Waals surface area contributed by atoms with Crippen LogP contribution in [-0.2, 0) is 17.6 Å². The first-order valence-electron chi connectivity index (χ1n) is 8.35. The summed E-state index contributed by atoms with van der Waals surface area (Å²) in [5, 5.41) is 3.07. The molecule has 2 aromatic heterocycles. The minimum Gasteiger partial charge on any atom is -0.345 e. The summed E-state index contributed by atoms with van der Waals surface area (Å²) in [4.78, 5) is 22.8. The Hall–Kier alpha value is -2.53. The number of amides is 1. The number of likely N-dealkylation sites (N-methyl/N-ethyl adjacent to an activating group) is 1. The molecule has 3 rings (SSSR count). The standard InChI is InChI=1S/C20H21N3OS/c1-23(14-11-16-9-12-21-13-10-16)20(24)8-7-19-22-18(15-25-19)17-5-3-2-4-6-17/h2-6,9-10,12-13,15H,7-8,11,14H2,1H3. The van der Waals surface area contributed by atoms with Crippen LogP contribution in [0.15, 0.2) is 60.2 Å². The van der Waals surface area contributed by atoms with E-state index in [0.717, 1.165) is 29.2 Å². The van der Waals surface area contributed by atoms with Crippen LogP contribution in [0, 0.1) is 0 Å². The van der Waals surface area contributed by atoms with Gasteiger partial charge in [-0.2, -0.15) is 0 Å². The van der Waals surface area contributed by atoms with Crippen LogP contribution >= 0.6 is 11.3 Å². The fraction of sp³-hybridized carbons (Fsp3) is 0.250. The number of aromatic nitrogens is 2. The number of pyridine rings is 1. The van der Waals surface area contributed by atoms with Gasteiger partial charge in [0, 0.05) is 49.8 Å². The van der Waals surface area contributed by atoms with Crippen molar-refractivity contribution >= 4 is 17.2 Å². The zero-order valence-corrected chi connectivity index (χ0v) is 15.1. The Morgan fingerprint density at radius 3 is 2.60 bits per heavy atom. The van der Waals surface area contributed by atoms with Gasteiger partial charge in [0.1, 0.15) is 0 Å². The van der Waals surface area contributed by atoms with Gasteiger partial charge < -0.3 is 4.90 Å². The Labute approximate surface area is 152 Å². The lowest BCUT2D eigenvalue weighted by atomic mass is 10.2. The Morgan fingerprint density at radius 2 is 1.84 bits per heavy atom. The van der Waals surface area contributed by atoms with Crippen LogP contribution < -0.4 is 0 Å². The average molecular weight is 351 g/mol. The van der Waals surface area contributed by atoms with Crippen molar-refractivity contribution in [2.45, 2.75) is 19.3 Å². The maximum absolute atomic E-state index is 12.3. The third-order valence-corrected chi connectivity index (χ3v) is 4.99. The first-order chi connectivity index (χ1) is 12.2. The zero-order valence-electron chi connectivity index (χ0n) is 14.3. The number of aryl methyl sites for hydroxylation is 1. The monoisotopic (exact) mass is 351 g/mol. The second kappa shape index (κ2) is 8.53. The highest BCUT2D eigenvalue weighted by atomic mass is 32.1. The van der Waals surface area contributed by atoms with Crippen LogP contribution in [0.4, 0.5) is 0 Å². The fourth-order valence-corrected chi connectivity index (χ4v) is 3.35. The summed E-state index contributed by atoms with van der Waals surface area (Å²) < 4.78 is 0. The van der Waals surface area contributed by atoms with Gasteiger partial charge in [-0.1, -0.05) is 30.3 Å². The predicted octanol–water partition coefficient (Wildman–Crippen LogP) is 3.84. The fourth-order valence-electron chi connectivity index (χ4n) is 2.54. The van der Waals surface area contributed by atoms with Crippen molar-refractivity contribution in [3.05, 3.63) is 70.8 Å². The van der Waals surface area contributed by atoms with Crippen LogP contribution in [0.1, 0.15) is 17.0 Å². The minimum atomic E-state index is 0.158. The third kappa shape index (κ3) is 4.97. The molecule has 0 atom stereocenters. The topological polar surface area (TPSA) is 46.1 Å². The summed E-state index contributed by atoms with van der Waals surface area (Å²) in [6.07, 6.45) is 5.60. The van der Waals surface area contributed by atoms with Gasteiger partial charge in [0.25, 0.3) is 0 Å². The molecule has 0 fully saturated rings. The minimum absolute atomic E-state index is 0.158. The molecule has 0 saturated heterocycles. The van der Waals surface area contributed by atoms with Crippen LogP contribution in [0.25, 0.3) is 11.3 Å². The van der Waals surface area contributed by atoms with Gasteiger partial charge >= 0.3 is 0 Å². The second-order valence-electron chi connectivity index (χ2n) is 5.91. The molecule has 1 aromatic carbocycles. The van der Waals surface area contributed by atoms with Gasteiger partial charge in [0.05, 0.1) is 10.7 Å². The Morgan fingerprint density at radius 1 is 1.08 bits per heavy atom. The molecule has 25 heavy (non-hydrogen) atoms.